The smallest absolute Gasteiger partial charge is 0.140 e. The highest BCUT2D eigenvalue weighted by Gasteiger charge is 2.28. The summed E-state index contributed by atoms with van der Waals surface area (Å²) < 4.78 is 0. The highest BCUT2D eigenvalue weighted by atomic mass is 16.1. The molecule has 0 bridgehead atoms. The zero-order valence-electron chi connectivity index (χ0n) is 7.89. The lowest BCUT2D eigenvalue weighted by atomic mass is 9.81. The fraction of sp³-hybridized carbons (Fsp3) is 0.700. The average molecular weight is 167 g/mol. The van der Waals surface area contributed by atoms with Gasteiger partial charge in [-0.1, -0.05) is 13.8 Å². The molecule has 2 N–H and O–H groups in total. The highest BCUT2D eigenvalue weighted by Crippen LogP contribution is 2.22. The molecule has 0 aliphatic rings. The standard InChI is InChI=1S/C10H17NO/c1-4-6-7-9(12)10(3,5-2)8-11/h1H,5-8,11H2,2-3H3. The molecule has 12 heavy (non-hydrogen) atoms. The minimum absolute atomic E-state index is 0.186. The van der Waals surface area contributed by atoms with Crippen LogP contribution in [-0.4, -0.2) is 12.3 Å². The number of hydrogen-bond donors (Lipinski definition) is 1. The van der Waals surface area contributed by atoms with Gasteiger partial charge in [0.05, 0.1) is 0 Å². The lowest BCUT2D eigenvalue weighted by Crippen LogP contribution is -2.35. The molecule has 0 aromatic carbocycles. The number of carbonyl (C=O) groups is 1. The molecule has 0 aliphatic heterocycles. The van der Waals surface area contributed by atoms with E-state index < -0.39 is 0 Å². The van der Waals surface area contributed by atoms with Crippen molar-refractivity contribution >= 4 is 5.78 Å². The van der Waals surface area contributed by atoms with Crippen molar-refractivity contribution in [2.45, 2.75) is 33.1 Å². The van der Waals surface area contributed by atoms with Gasteiger partial charge in [0.15, 0.2) is 0 Å². The van der Waals surface area contributed by atoms with Crippen LogP contribution in [-0.2, 0) is 4.79 Å². The van der Waals surface area contributed by atoms with Crippen LogP contribution >= 0.6 is 0 Å². The van der Waals surface area contributed by atoms with Gasteiger partial charge in [0.1, 0.15) is 5.78 Å². The number of terminal acetylenes is 1. The minimum Gasteiger partial charge on any atom is -0.329 e. The number of Topliss-reactive ketones (excluding diaryl/α,β-unsaturated/α-hetero) is 1. The predicted octanol–water partition coefficient (Wildman–Crippen LogP) is 1.34. The largest absolute Gasteiger partial charge is 0.329 e. The Bertz CT molecular complexity index is 187. The summed E-state index contributed by atoms with van der Waals surface area (Å²) >= 11 is 0. The van der Waals surface area contributed by atoms with Crippen molar-refractivity contribution in [2.24, 2.45) is 11.1 Å². The molecule has 0 aromatic rings. The molecule has 0 saturated carbocycles. The molecule has 0 spiro atoms. The first kappa shape index (κ1) is 11.2. The van der Waals surface area contributed by atoms with E-state index in [0.29, 0.717) is 19.4 Å². The molecular weight excluding hydrogens is 150 g/mol. The van der Waals surface area contributed by atoms with E-state index in [9.17, 15) is 4.79 Å². The van der Waals surface area contributed by atoms with Crippen molar-refractivity contribution in [1.82, 2.24) is 0 Å². The second-order valence-electron chi connectivity index (χ2n) is 3.25. The molecule has 0 aliphatic carbocycles. The number of rotatable bonds is 5. The summed E-state index contributed by atoms with van der Waals surface area (Å²) in [6.07, 6.45) is 6.83. The first-order chi connectivity index (χ1) is 5.60. The minimum atomic E-state index is -0.364. The van der Waals surface area contributed by atoms with E-state index in [1.54, 1.807) is 0 Å². The van der Waals surface area contributed by atoms with Crippen LogP contribution in [0.15, 0.2) is 0 Å². The highest BCUT2D eigenvalue weighted by molar-refractivity contribution is 5.84. The second-order valence-corrected chi connectivity index (χ2v) is 3.25. The molecule has 0 heterocycles. The van der Waals surface area contributed by atoms with Crippen LogP contribution in [0.5, 0.6) is 0 Å². The van der Waals surface area contributed by atoms with Gasteiger partial charge in [-0.25, -0.2) is 0 Å². The summed E-state index contributed by atoms with van der Waals surface area (Å²) in [5.41, 5.74) is 5.15. The number of ketones is 1. The van der Waals surface area contributed by atoms with E-state index in [2.05, 4.69) is 5.92 Å². The van der Waals surface area contributed by atoms with Crippen molar-refractivity contribution < 1.29 is 4.79 Å². The molecule has 68 valence electrons. The van der Waals surface area contributed by atoms with Crippen LogP contribution < -0.4 is 5.73 Å². The topological polar surface area (TPSA) is 43.1 Å². The summed E-state index contributed by atoms with van der Waals surface area (Å²) in [4.78, 5) is 11.5. The van der Waals surface area contributed by atoms with Gasteiger partial charge < -0.3 is 5.73 Å². The number of carbonyl (C=O) groups excluding carboxylic acids is 1. The summed E-state index contributed by atoms with van der Waals surface area (Å²) in [7, 11) is 0. The van der Waals surface area contributed by atoms with Crippen LogP contribution in [0.1, 0.15) is 33.1 Å². The molecule has 0 rings (SSSR count). The Morgan fingerprint density at radius 2 is 2.25 bits per heavy atom. The predicted molar refractivity (Wildman–Crippen MR) is 50.5 cm³/mol. The van der Waals surface area contributed by atoms with E-state index in [-0.39, 0.29) is 11.2 Å². The van der Waals surface area contributed by atoms with Gasteiger partial charge in [-0.05, 0) is 6.42 Å². The zero-order chi connectivity index (χ0) is 9.61. The maximum absolute atomic E-state index is 11.5. The van der Waals surface area contributed by atoms with Gasteiger partial charge in [0, 0.05) is 24.8 Å². The van der Waals surface area contributed by atoms with Gasteiger partial charge in [-0.3, -0.25) is 4.79 Å². The summed E-state index contributed by atoms with van der Waals surface area (Å²) in [5, 5.41) is 0. The van der Waals surface area contributed by atoms with E-state index >= 15 is 0 Å². The van der Waals surface area contributed by atoms with E-state index in [1.807, 2.05) is 13.8 Å². The monoisotopic (exact) mass is 167 g/mol. The lowest BCUT2D eigenvalue weighted by molar-refractivity contribution is -0.127. The molecular formula is C10H17NO. The Morgan fingerprint density at radius 3 is 2.58 bits per heavy atom. The maximum Gasteiger partial charge on any atom is 0.140 e. The van der Waals surface area contributed by atoms with Crippen molar-refractivity contribution in [3.63, 3.8) is 0 Å². The van der Waals surface area contributed by atoms with Crippen LogP contribution in [0.2, 0.25) is 0 Å². The third-order valence-electron chi connectivity index (χ3n) is 2.40. The number of hydrogen-bond acceptors (Lipinski definition) is 2. The molecule has 0 amide bonds. The van der Waals surface area contributed by atoms with Crippen molar-refractivity contribution in [3.8, 4) is 12.3 Å². The Balaban J connectivity index is 4.14. The molecule has 2 nitrogen and oxygen atoms in total. The summed E-state index contributed by atoms with van der Waals surface area (Å²) in [6, 6.07) is 0. The Morgan fingerprint density at radius 1 is 1.67 bits per heavy atom. The van der Waals surface area contributed by atoms with Crippen molar-refractivity contribution in [2.75, 3.05) is 6.54 Å². The van der Waals surface area contributed by atoms with Gasteiger partial charge in [-0.2, -0.15) is 0 Å². The van der Waals surface area contributed by atoms with Crippen LogP contribution in [0.3, 0.4) is 0 Å². The zero-order valence-corrected chi connectivity index (χ0v) is 7.89. The van der Waals surface area contributed by atoms with Crippen molar-refractivity contribution in [3.05, 3.63) is 0 Å². The molecule has 1 unspecified atom stereocenters. The van der Waals surface area contributed by atoms with Gasteiger partial charge in [-0.15, -0.1) is 12.3 Å². The van der Waals surface area contributed by atoms with Crippen molar-refractivity contribution in [1.29, 1.82) is 0 Å². The third kappa shape index (κ3) is 2.67. The van der Waals surface area contributed by atoms with E-state index in [0.717, 1.165) is 6.42 Å². The number of nitrogens with two attached hydrogens (primary N) is 1. The van der Waals surface area contributed by atoms with E-state index in [1.165, 1.54) is 0 Å². The van der Waals surface area contributed by atoms with Crippen LogP contribution in [0.25, 0.3) is 0 Å². The molecule has 0 saturated heterocycles. The first-order valence-corrected chi connectivity index (χ1v) is 4.27. The Hall–Kier alpha value is -0.810. The van der Waals surface area contributed by atoms with E-state index in [4.69, 9.17) is 12.2 Å². The second kappa shape index (κ2) is 4.95. The fourth-order valence-corrected chi connectivity index (χ4v) is 0.943. The molecule has 0 radical (unpaired) electrons. The lowest BCUT2D eigenvalue weighted by Gasteiger charge is -2.23. The molecule has 1 atom stereocenters. The quantitative estimate of drug-likeness (QED) is 0.628. The third-order valence-corrected chi connectivity index (χ3v) is 2.40. The summed E-state index contributed by atoms with van der Waals surface area (Å²) in [5.74, 6) is 2.64. The van der Waals surface area contributed by atoms with Gasteiger partial charge in [0.25, 0.3) is 0 Å². The Labute approximate surface area is 74.5 Å². The average Bonchev–Trinajstić information content (AvgIpc) is 2.12. The SMILES string of the molecule is C#CCCC(=O)C(C)(CC)CN. The molecule has 2 heteroatoms. The van der Waals surface area contributed by atoms with Gasteiger partial charge in [0.2, 0.25) is 0 Å². The summed E-state index contributed by atoms with van der Waals surface area (Å²) in [6.45, 7) is 4.28. The first-order valence-electron chi connectivity index (χ1n) is 4.27. The fourth-order valence-electron chi connectivity index (χ4n) is 0.943. The molecule has 0 fully saturated rings. The van der Waals surface area contributed by atoms with Crippen LogP contribution in [0.4, 0.5) is 0 Å². The normalized spacial score (nSPS) is 14.8. The Kier molecular flexibility index (Phi) is 4.61. The van der Waals surface area contributed by atoms with Gasteiger partial charge >= 0.3 is 0 Å². The maximum atomic E-state index is 11.5. The molecule has 0 aromatic heterocycles. The van der Waals surface area contributed by atoms with Crippen LogP contribution in [0, 0.1) is 17.8 Å².